The van der Waals surface area contributed by atoms with Gasteiger partial charge in [0.2, 0.25) is 0 Å². The van der Waals surface area contributed by atoms with Crippen molar-refractivity contribution < 1.29 is 26.2 Å². The molecule has 0 spiro atoms. The first-order valence-corrected chi connectivity index (χ1v) is 6.20. The Balaban J connectivity index is 0. The van der Waals surface area contributed by atoms with Crippen molar-refractivity contribution in [1.29, 1.82) is 0 Å². The van der Waals surface area contributed by atoms with Gasteiger partial charge in [-0.05, 0) is 11.8 Å². The Hall–Kier alpha value is 0.293. The first kappa shape index (κ1) is 21.6. The van der Waals surface area contributed by atoms with E-state index in [2.05, 4.69) is 58.9 Å². The number of aryl methyl sites for hydroxylation is 1. The molecule has 0 saturated heterocycles. The SMILES string of the molecule is Cc1cc2c(C(C)C)cc(C(C)C)cc2[cH-]1.Cl.Cl.[Zr]. The molecule has 0 radical (unpaired) electrons. The average molecular weight is 377 g/mol. The van der Waals surface area contributed by atoms with E-state index in [4.69, 9.17) is 0 Å². The fourth-order valence-corrected chi connectivity index (χ4v) is 2.33. The number of fused-ring (bicyclic) bond motifs is 1. The topological polar surface area (TPSA) is 0 Å². The van der Waals surface area contributed by atoms with Crippen molar-refractivity contribution in [2.24, 2.45) is 0 Å². The molecule has 0 unspecified atom stereocenters. The van der Waals surface area contributed by atoms with Crippen LogP contribution in [0.1, 0.15) is 56.2 Å². The van der Waals surface area contributed by atoms with Gasteiger partial charge in [-0.1, -0.05) is 51.8 Å². The Morgan fingerprint density at radius 1 is 0.895 bits per heavy atom. The Bertz CT molecular complexity index is 513. The van der Waals surface area contributed by atoms with Gasteiger partial charge < -0.3 is 0 Å². The van der Waals surface area contributed by atoms with Crippen LogP contribution in [0.25, 0.3) is 10.8 Å². The van der Waals surface area contributed by atoms with Crippen LogP contribution in [0.5, 0.6) is 0 Å². The van der Waals surface area contributed by atoms with Crippen molar-refractivity contribution in [3.63, 3.8) is 0 Å². The maximum absolute atomic E-state index is 2.39. The van der Waals surface area contributed by atoms with E-state index in [1.807, 2.05) is 0 Å². The zero-order valence-electron chi connectivity index (χ0n) is 12.3. The number of rotatable bonds is 2. The summed E-state index contributed by atoms with van der Waals surface area (Å²) in [4.78, 5) is 0. The van der Waals surface area contributed by atoms with Gasteiger partial charge in [0.15, 0.2) is 0 Å². The quantitative estimate of drug-likeness (QED) is 0.567. The van der Waals surface area contributed by atoms with E-state index >= 15 is 0 Å². The Morgan fingerprint density at radius 3 is 1.95 bits per heavy atom. The van der Waals surface area contributed by atoms with Crippen molar-refractivity contribution in [3.05, 3.63) is 41.0 Å². The van der Waals surface area contributed by atoms with Crippen molar-refractivity contribution >= 4 is 35.6 Å². The zero-order chi connectivity index (χ0) is 11.9. The van der Waals surface area contributed by atoms with Crippen LogP contribution in [0, 0.1) is 6.92 Å². The molecule has 0 fully saturated rings. The Morgan fingerprint density at radius 2 is 1.47 bits per heavy atom. The van der Waals surface area contributed by atoms with Gasteiger partial charge in [-0.15, -0.1) is 53.3 Å². The molecule has 0 bridgehead atoms. The summed E-state index contributed by atoms with van der Waals surface area (Å²) in [5.41, 5.74) is 4.33. The summed E-state index contributed by atoms with van der Waals surface area (Å²) in [6, 6.07) is 9.35. The summed E-state index contributed by atoms with van der Waals surface area (Å²) in [6.45, 7) is 11.3. The van der Waals surface area contributed by atoms with Gasteiger partial charge in [0.25, 0.3) is 0 Å². The van der Waals surface area contributed by atoms with Gasteiger partial charge >= 0.3 is 0 Å². The Kier molecular flexibility index (Phi) is 9.72. The van der Waals surface area contributed by atoms with Crippen LogP contribution in [-0.4, -0.2) is 0 Å². The fraction of sp³-hybridized carbons (Fsp3) is 0.438. The van der Waals surface area contributed by atoms with E-state index in [-0.39, 0.29) is 51.0 Å². The average Bonchev–Trinajstić information content (AvgIpc) is 2.55. The monoisotopic (exact) mass is 375 g/mol. The number of hydrogen-bond acceptors (Lipinski definition) is 0. The molecule has 0 atom stereocenters. The molecule has 2 aromatic rings. The molecule has 106 valence electrons. The van der Waals surface area contributed by atoms with Crippen LogP contribution in [0.3, 0.4) is 0 Å². The molecular weight excluding hydrogens is 354 g/mol. The summed E-state index contributed by atoms with van der Waals surface area (Å²) in [7, 11) is 0. The first-order valence-electron chi connectivity index (χ1n) is 6.20. The normalized spacial score (nSPS) is 10.1. The van der Waals surface area contributed by atoms with Gasteiger partial charge in [0.05, 0.1) is 0 Å². The predicted octanol–water partition coefficient (Wildman–Crippen LogP) is 5.96. The third kappa shape index (κ3) is 4.66. The third-order valence-corrected chi connectivity index (χ3v) is 3.31. The van der Waals surface area contributed by atoms with E-state index in [1.165, 1.54) is 27.5 Å². The van der Waals surface area contributed by atoms with E-state index in [0.717, 1.165) is 0 Å². The minimum atomic E-state index is 0. The summed E-state index contributed by atoms with van der Waals surface area (Å²) in [5.74, 6) is 1.21. The van der Waals surface area contributed by atoms with Crippen molar-refractivity contribution in [3.8, 4) is 0 Å². The number of halogens is 2. The van der Waals surface area contributed by atoms with Gasteiger partial charge in [-0.3, -0.25) is 0 Å². The molecular formula is C16H23Cl2Zr-. The van der Waals surface area contributed by atoms with Crippen molar-refractivity contribution in [2.75, 3.05) is 0 Å². The van der Waals surface area contributed by atoms with Gasteiger partial charge in [0.1, 0.15) is 0 Å². The predicted molar refractivity (Wildman–Crippen MR) is 87.0 cm³/mol. The van der Waals surface area contributed by atoms with Crippen LogP contribution in [0.15, 0.2) is 24.3 Å². The van der Waals surface area contributed by atoms with Crippen LogP contribution < -0.4 is 0 Å². The largest absolute Gasteiger partial charge is 0.165 e. The van der Waals surface area contributed by atoms with Crippen LogP contribution in [-0.2, 0) is 26.2 Å². The Labute approximate surface area is 148 Å². The second kappa shape index (κ2) is 8.55. The minimum absolute atomic E-state index is 0. The molecule has 0 aliphatic rings. The van der Waals surface area contributed by atoms with Crippen molar-refractivity contribution in [2.45, 2.75) is 46.5 Å². The zero-order valence-corrected chi connectivity index (χ0v) is 16.4. The standard InChI is InChI=1S/C16H21.2ClH.Zr/c1-10(2)13-8-14-6-12(5)7-16(14)15(9-13)11(3)4;;;/h6-11H,1-5H3;2*1H;/q-1;;;. The molecule has 0 aliphatic carbocycles. The molecule has 0 nitrogen and oxygen atoms in total. The van der Waals surface area contributed by atoms with E-state index in [9.17, 15) is 0 Å². The fourth-order valence-electron chi connectivity index (χ4n) is 2.33. The molecule has 0 N–H and O–H groups in total. The first-order chi connectivity index (χ1) is 7.49. The number of benzene rings is 1. The summed E-state index contributed by atoms with van der Waals surface area (Å²) in [5, 5.41) is 2.85. The van der Waals surface area contributed by atoms with E-state index in [1.54, 1.807) is 0 Å². The summed E-state index contributed by atoms with van der Waals surface area (Å²) in [6.07, 6.45) is 0. The van der Waals surface area contributed by atoms with Crippen molar-refractivity contribution in [1.82, 2.24) is 0 Å². The van der Waals surface area contributed by atoms with Gasteiger partial charge in [0, 0.05) is 26.2 Å². The van der Waals surface area contributed by atoms with E-state index < -0.39 is 0 Å². The molecule has 0 heterocycles. The molecule has 2 aromatic carbocycles. The molecule has 0 aliphatic heterocycles. The molecule has 3 heteroatoms. The maximum Gasteiger partial charge on any atom is 0 e. The second-order valence-corrected chi connectivity index (χ2v) is 5.46. The molecule has 19 heavy (non-hydrogen) atoms. The minimum Gasteiger partial charge on any atom is -0.165 e. The molecule has 0 saturated carbocycles. The number of hydrogen-bond donors (Lipinski definition) is 0. The maximum atomic E-state index is 2.39. The van der Waals surface area contributed by atoms with Crippen LogP contribution in [0.4, 0.5) is 0 Å². The van der Waals surface area contributed by atoms with Gasteiger partial charge in [-0.25, -0.2) is 0 Å². The second-order valence-electron chi connectivity index (χ2n) is 5.46. The third-order valence-electron chi connectivity index (χ3n) is 3.31. The molecule has 0 aromatic heterocycles. The van der Waals surface area contributed by atoms with Crippen LogP contribution in [0.2, 0.25) is 0 Å². The summed E-state index contributed by atoms with van der Waals surface area (Å²) >= 11 is 0. The van der Waals surface area contributed by atoms with E-state index in [0.29, 0.717) is 11.8 Å². The molecule has 2 rings (SSSR count). The summed E-state index contributed by atoms with van der Waals surface area (Å²) < 4.78 is 0. The smallest absolute Gasteiger partial charge is 0 e. The van der Waals surface area contributed by atoms with Gasteiger partial charge in [-0.2, -0.15) is 6.07 Å². The van der Waals surface area contributed by atoms with Crippen LogP contribution >= 0.6 is 24.8 Å². The molecule has 0 amide bonds.